The van der Waals surface area contributed by atoms with E-state index in [1.165, 1.54) is 0 Å². The van der Waals surface area contributed by atoms with Gasteiger partial charge < -0.3 is 24.8 Å². The van der Waals surface area contributed by atoms with Gasteiger partial charge in [0, 0.05) is 38.9 Å². The first-order valence-corrected chi connectivity index (χ1v) is 9.24. The van der Waals surface area contributed by atoms with E-state index in [-0.39, 0.29) is 30.6 Å². The number of nitrogens with zero attached hydrogens (tertiary/aromatic N) is 1. The van der Waals surface area contributed by atoms with Crippen molar-refractivity contribution < 1.29 is 27.4 Å². The first-order valence-electron chi connectivity index (χ1n) is 9.24. The molecule has 0 heterocycles. The maximum atomic E-state index is 12.0. The fourth-order valence-corrected chi connectivity index (χ4v) is 2.27. The van der Waals surface area contributed by atoms with Crippen LogP contribution < -0.4 is 15.4 Å². The number of alkyl halides is 3. The third kappa shape index (κ3) is 13.6. The van der Waals surface area contributed by atoms with E-state index in [2.05, 4.69) is 20.4 Å². The molecule has 0 saturated carbocycles. The fourth-order valence-electron chi connectivity index (χ4n) is 2.27. The van der Waals surface area contributed by atoms with Gasteiger partial charge in [-0.25, -0.2) is 0 Å². The minimum atomic E-state index is -4.29. The highest BCUT2D eigenvalue weighted by Gasteiger charge is 2.27. The largest absolute Gasteiger partial charge is 0.491 e. The highest BCUT2D eigenvalue weighted by Crippen LogP contribution is 2.20. The summed E-state index contributed by atoms with van der Waals surface area (Å²) in [6.45, 7) is 5.31. The van der Waals surface area contributed by atoms with Crippen molar-refractivity contribution in [3.05, 3.63) is 29.3 Å². The molecule has 0 aliphatic heterocycles. The van der Waals surface area contributed by atoms with E-state index >= 15 is 0 Å². The van der Waals surface area contributed by atoms with Crippen LogP contribution in [0.2, 0.25) is 0 Å². The van der Waals surface area contributed by atoms with Crippen LogP contribution in [0.4, 0.5) is 13.2 Å². The van der Waals surface area contributed by atoms with E-state index < -0.39 is 12.8 Å². The van der Waals surface area contributed by atoms with Crippen molar-refractivity contribution in [3.63, 3.8) is 0 Å². The molecule has 0 amide bonds. The lowest BCUT2D eigenvalue weighted by Crippen LogP contribution is -2.37. The first-order chi connectivity index (χ1) is 13.4. The average Bonchev–Trinajstić information content (AvgIpc) is 2.64. The maximum absolute atomic E-state index is 12.0. The molecule has 0 saturated heterocycles. The minimum absolute atomic E-state index is 0. The van der Waals surface area contributed by atoms with Crippen molar-refractivity contribution in [1.29, 1.82) is 0 Å². The summed E-state index contributed by atoms with van der Waals surface area (Å²) in [5.74, 6) is 1.33. The van der Waals surface area contributed by atoms with Gasteiger partial charge in [0.15, 0.2) is 5.96 Å². The third-order valence-corrected chi connectivity index (χ3v) is 3.61. The van der Waals surface area contributed by atoms with Crippen LogP contribution >= 0.6 is 24.0 Å². The van der Waals surface area contributed by atoms with E-state index in [9.17, 15) is 13.2 Å². The highest BCUT2D eigenvalue weighted by atomic mass is 127. The number of halogens is 4. The number of hydrogen-bond donors (Lipinski definition) is 2. The number of guanidine groups is 1. The summed E-state index contributed by atoms with van der Waals surface area (Å²) >= 11 is 0. The lowest BCUT2D eigenvalue weighted by atomic mass is 10.1. The van der Waals surface area contributed by atoms with Crippen molar-refractivity contribution in [3.8, 4) is 5.75 Å². The number of aryl methyl sites for hydroxylation is 1. The molecular formula is C19H31F3IN3O3. The second-order valence-corrected chi connectivity index (χ2v) is 6.03. The molecule has 1 aromatic carbocycles. The van der Waals surface area contributed by atoms with Crippen LogP contribution in [0.5, 0.6) is 5.75 Å². The lowest BCUT2D eigenvalue weighted by Gasteiger charge is -2.15. The first kappa shape index (κ1) is 27.7. The molecule has 10 heteroatoms. The van der Waals surface area contributed by atoms with Gasteiger partial charge in [-0.05, 0) is 31.9 Å². The zero-order valence-corrected chi connectivity index (χ0v) is 19.4. The summed E-state index contributed by atoms with van der Waals surface area (Å²) in [7, 11) is 1.63. The molecule has 0 aliphatic rings. The molecule has 29 heavy (non-hydrogen) atoms. The molecule has 1 rings (SSSR count). The summed E-state index contributed by atoms with van der Waals surface area (Å²) in [4.78, 5) is 4.11. The second kappa shape index (κ2) is 15.6. The molecule has 0 fully saturated rings. The van der Waals surface area contributed by atoms with Crippen LogP contribution in [-0.4, -0.2) is 58.8 Å². The second-order valence-electron chi connectivity index (χ2n) is 6.03. The maximum Gasteiger partial charge on any atom is 0.411 e. The van der Waals surface area contributed by atoms with Crippen LogP contribution in [0, 0.1) is 6.92 Å². The lowest BCUT2D eigenvalue weighted by molar-refractivity contribution is -0.173. The number of hydrogen-bond acceptors (Lipinski definition) is 4. The molecule has 168 valence electrons. The number of aliphatic imine (C=N–C) groups is 1. The van der Waals surface area contributed by atoms with Gasteiger partial charge in [0.25, 0.3) is 0 Å². The summed E-state index contributed by atoms with van der Waals surface area (Å²) in [6.07, 6.45) is -3.85. The van der Waals surface area contributed by atoms with Gasteiger partial charge in [-0.3, -0.25) is 4.99 Å². The Labute approximate surface area is 187 Å². The minimum Gasteiger partial charge on any atom is -0.491 e. The molecule has 2 N–H and O–H groups in total. The van der Waals surface area contributed by atoms with Crippen LogP contribution in [-0.2, 0) is 16.0 Å². The van der Waals surface area contributed by atoms with E-state index in [0.29, 0.717) is 45.3 Å². The van der Waals surface area contributed by atoms with Crippen LogP contribution in [0.15, 0.2) is 23.2 Å². The molecule has 0 bridgehead atoms. The predicted octanol–water partition coefficient (Wildman–Crippen LogP) is 3.66. The predicted molar refractivity (Wildman–Crippen MR) is 118 cm³/mol. The normalized spacial score (nSPS) is 11.7. The van der Waals surface area contributed by atoms with Crippen LogP contribution in [0.1, 0.15) is 24.5 Å². The Balaban J connectivity index is 0.00000784. The Morgan fingerprint density at radius 3 is 2.52 bits per heavy atom. The average molecular weight is 533 g/mol. The summed E-state index contributed by atoms with van der Waals surface area (Å²) in [5, 5.41) is 6.21. The van der Waals surface area contributed by atoms with Crippen molar-refractivity contribution >= 4 is 29.9 Å². The van der Waals surface area contributed by atoms with E-state index in [1.807, 2.05) is 32.0 Å². The van der Waals surface area contributed by atoms with E-state index in [1.54, 1.807) is 7.05 Å². The SMILES string of the molecule is CCOCCOc1cc(C)ccc1CNC(=NC)NCCCOCC(F)(F)F.I. The molecule has 1 aromatic rings. The highest BCUT2D eigenvalue weighted by molar-refractivity contribution is 14.0. The van der Waals surface area contributed by atoms with Gasteiger partial charge >= 0.3 is 6.18 Å². The molecule has 0 atom stereocenters. The monoisotopic (exact) mass is 533 g/mol. The quantitative estimate of drug-likeness (QED) is 0.186. The molecule has 0 aromatic heterocycles. The van der Waals surface area contributed by atoms with Gasteiger partial charge in [0.05, 0.1) is 6.61 Å². The number of ether oxygens (including phenoxy) is 3. The molecule has 6 nitrogen and oxygen atoms in total. The van der Waals surface area contributed by atoms with Crippen molar-refractivity contribution in [2.45, 2.75) is 33.0 Å². The Morgan fingerprint density at radius 2 is 1.86 bits per heavy atom. The van der Waals surface area contributed by atoms with Gasteiger partial charge in [-0.2, -0.15) is 13.2 Å². The van der Waals surface area contributed by atoms with Gasteiger partial charge in [-0.1, -0.05) is 12.1 Å². The molecule has 0 spiro atoms. The van der Waals surface area contributed by atoms with Crippen molar-refractivity contribution in [2.24, 2.45) is 4.99 Å². The third-order valence-electron chi connectivity index (χ3n) is 3.61. The van der Waals surface area contributed by atoms with Crippen molar-refractivity contribution in [2.75, 3.05) is 46.6 Å². The number of nitrogens with one attached hydrogen (secondary N) is 2. The summed E-state index contributed by atoms with van der Waals surface area (Å²) < 4.78 is 51.7. The Kier molecular flexibility index (Phi) is 14.9. The van der Waals surface area contributed by atoms with E-state index in [4.69, 9.17) is 9.47 Å². The van der Waals surface area contributed by atoms with Gasteiger partial charge in [-0.15, -0.1) is 24.0 Å². The smallest absolute Gasteiger partial charge is 0.411 e. The summed E-state index contributed by atoms with van der Waals surface area (Å²) in [6, 6.07) is 5.95. The zero-order valence-electron chi connectivity index (χ0n) is 17.1. The van der Waals surface area contributed by atoms with Crippen LogP contribution in [0.25, 0.3) is 0 Å². The molecule has 0 aliphatic carbocycles. The zero-order chi connectivity index (χ0) is 20.8. The Bertz CT molecular complexity index is 602. The van der Waals surface area contributed by atoms with Gasteiger partial charge in [0.2, 0.25) is 0 Å². The summed E-state index contributed by atoms with van der Waals surface area (Å²) in [5.41, 5.74) is 2.06. The Hall–Kier alpha value is -1.27. The molecule has 0 radical (unpaired) electrons. The van der Waals surface area contributed by atoms with Crippen LogP contribution in [0.3, 0.4) is 0 Å². The standard InChI is InChI=1S/C19H30F3N3O3.HI/c1-4-26-10-11-28-17-12-15(2)6-7-16(17)13-25-18(23-3)24-8-5-9-27-14-19(20,21)22;/h6-7,12H,4-5,8-11,13-14H2,1-3H3,(H2,23,24,25);1H. The molecular weight excluding hydrogens is 502 g/mol. The van der Waals surface area contributed by atoms with E-state index in [0.717, 1.165) is 16.9 Å². The molecule has 0 unspecified atom stereocenters. The fraction of sp³-hybridized carbons (Fsp3) is 0.632. The Morgan fingerprint density at radius 1 is 1.10 bits per heavy atom. The van der Waals surface area contributed by atoms with Gasteiger partial charge in [0.1, 0.15) is 19.0 Å². The topological polar surface area (TPSA) is 64.1 Å². The number of rotatable bonds is 12. The number of benzene rings is 1. The van der Waals surface area contributed by atoms with Crippen molar-refractivity contribution in [1.82, 2.24) is 10.6 Å².